The third-order valence-electron chi connectivity index (χ3n) is 2.84. The van der Waals surface area contributed by atoms with Gasteiger partial charge in [-0.3, -0.25) is 5.32 Å². The van der Waals surface area contributed by atoms with Gasteiger partial charge < -0.3 is 0 Å². The number of nitrogens with one attached hydrogen (secondary N) is 1. The van der Waals surface area contributed by atoms with E-state index in [1.807, 2.05) is 6.92 Å². The Balaban J connectivity index is 2.60. The van der Waals surface area contributed by atoms with Gasteiger partial charge in [-0.05, 0) is 36.9 Å². The van der Waals surface area contributed by atoms with Crippen LogP contribution >= 0.6 is 11.8 Å². The summed E-state index contributed by atoms with van der Waals surface area (Å²) >= 11 is 1.12. The number of rotatable bonds is 2. The molecule has 9 heteroatoms. The van der Waals surface area contributed by atoms with E-state index in [-0.39, 0.29) is 10.9 Å². The van der Waals surface area contributed by atoms with Crippen molar-refractivity contribution in [3.05, 3.63) is 41.7 Å². The topological polar surface area (TPSA) is 66.0 Å². The fourth-order valence-corrected chi connectivity index (χ4v) is 2.15. The first-order chi connectivity index (χ1) is 10.8. The summed E-state index contributed by atoms with van der Waals surface area (Å²) in [5.74, 6) is 0. The van der Waals surface area contributed by atoms with E-state index >= 15 is 0 Å². The van der Waals surface area contributed by atoms with E-state index in [4.69, 9.17) is 5.26 Å². The third kappa shape index (κ3) is 4.04. The van der Waals surface area contributed by atoms with Crippen molar-refractivity contribution in [3.8, 4) is 11.9 Å². The Kier molecular flexibility index (Phi) is 4.95. The second kappa shape index (κ2) is 6.75. The molecule has 1 aromatic carbocycles. The first kappa shape index (κ1) is 16.9. The molecule has 0 radical (unpaired) electrons. The van der Waals surface area contributed by atoms with Gasteiger partial charge >= 0.3 is 6.18 Å². The van der Waals surface area contributed by atoms with Gasteiger partial charge in [-0.1, -0.05) is 11.8 Å². The Morgan fingerprint density at radius 2 is 2.17 bits per heavy atom. The monoisotopic (exact) mass is 339 g/mol. The smallest absolute Gasteiger partial charge is 0.271 e. The fraction of sp³-hybridized carbons (Fsp3) is 0.214. The molecule has 1 aromatic heterocycles. The highest BCUT2D eigenvalue weighted by molar-refractivity contribution is 8.13. The second-order valence-corrected chi connectivity index (χ2v) is 5.32. The van der Waals surface area contributed by atoms with Crippen LogP contribution in [0.25, 0.3) is 5.69 Å². The van der Waals surface area contributed by atoms with Crippen LogP contribution in [0.3, 0.4) is 0 Å². The van der Waals surface area contributed by atoms with Gasteiger partial charge in [0.25, 0.3) is 0 Å². The minimum absolute atomic E-state index is 0.0648. The molecular weight excluding hydrogens is 327 g/mol. The molecule has 0 spiro atoms. The van der Waals surface area contributed by atoms with Gasteiger partial charge in [0, 0.05) is 6.20 Å². The molecule has 0 aliphatic carbocycles. The number of hydrogen-bond donors (Lipinski definition) is 1. The highest BCUT2D eigenvalue weighted by Crippen LogP contribution is 2.34. The van der Waals surface area contributed by atoms with Crippen LogP contribution in [0, 0.1) is 18.4 Å². The third-order valence-corrected chi connectivity index (χ3v) is 3.42. The molecular formula is C14H12F3N5S. The van der Waals surface area contributed by atoms with Gasteiger partial charge in [-0.25, -0.2) is 9.67 Å². The van der Waals surface area contributed by atoms with Crippen molar-refractivity contribution in [2.45, 2.75) is 13.1 Å². The van der Waals surface area contributed by atoms with Gasteiger partial charge in [0.1, 0.15) is 0 Å². The largest absolute Gasteiger partial charge is 0.416 e. The summed E-state index contributed by atoms with van der Waals surface area (Å²) in [6.07, 6.45) is 2.15. The van der Waals surface area contributed by atoms with Crippen molar-refractivity contribution in [2.75, 3.05) is 6.26 Å². The molecule has 0 fully saturated rings. The molecule has 0 unspecified atom stereocenters. The van der Waals surface area contributed by atoms with Crippen molar-refractivity contribution in [2.24, 2.45) is 4.99 Å². The molecule has 0 bridgehead atoms. The Hall–Kier alpha value is -2.47. The average molecular weight is 339 g/mol. The molecule has 0 atom stereocenters. The molecule has 0 saturated carbocycles. The molecule has 0 amide bonds. The van der Waals surface area contributed by atoms with E-state index in [2.05, 4.69) is 15.4 Å². The molecule has 1 N–H and O–H groups in total. The minimum atomic E-state index is -4.48. The standard InChI is InChI=1S/C14H12F3N5S/c1-9-6-20-22(7-9)12-4-3-10(14(15,16)17)5-11(12)21-13(23-2)19-8-18/h3-7H,1-2H3,(H,19,21). The van der Waals surface area contributed by atoms with Crippen LogP contribution in [0.15, 0.2) is 35.6 Å². The summed E-state index contributed by atoms with van der Waals surface area (Å²) in [5, 5.41) is 15.3. The normalized spacial score (nSPS) is 12.1. The fourth-order valence-electron chi connectivity index (χ4n) is 1.81. The number of nitrogens with zero attached hydrogens (tertiary/aromatic N) is 4. The molecule has 2 aromatic rings. The van der Waals surface area contributed by atoms with E-state index in [0.717, 1.165) is 29.5 Å². The van der Waals surface area contributed by atoms with E-state index in [1.165, 1.54) is 10.7 Å². The SMILES string of the molecule is CSC(=Nc1cc(C(F)(F)F)ccc1-n1cc(C)cn1)NC#N. The Morgan fingerprint density at radius 3 is 2.70 bits per heavy atom. The minimum Gasteiger partial charge on any atom is -0.271 e. The molecule has 1 heterocycles. The van der Waals surface area contributed by atoms with Gasteiger partial charge in [0.05, 0.1) is 23.1 Å². The predicted molar refractivity (Wildman–Crippen MR) is 82.7 cm³/mol. The molecule has 120 valence electrons. The number of aromatic nitrogens is 2. The molecule has 0 saturated heterocycles. The maximum atomic E-state index is 12.9. The summed E-state index contributed by atoms with van der Waals surface area (Å²) < 4.78 is 40.2. The van der Waals surface area contributed by atoms with Gasteiger partial charge in [0.15, 0.2) is 11.4 Å². The van der Waals surface area contributed by atoms with Crippen molar-refractivity contribution < 1.29 is 13.2 Å². The number of alkyl halides is 3. The second-order valence-electron chi connectivity index (χ2n) is 4.52. The van der Waals surface area contributed by atoms with Gasteiger partial charge in [-0.15, -0.1) is 0 Å². The quantitative estimate of drug-likeness (QED) is 0.393. The number of halogens is 3. The lowest BCUT2D eigenvalue weighted by Crippen LogP contribution is -2.13. The first-order valence-corrected chi connectivity index (χ1v) is 7.58. The van der Waals surface area contributed by atoms with Gasteiger partial charge in [0.2, 0.25) is 0 Å². The van der Waals surface area contributed by atoms with Crippen LogP contribution in [0.5, 0.6) is 0 Å². The van der Waals surface area contributed by atoms with Crippen LogP contribution in [0.4, 0.5) is 18.9 Å². The van der Waals surface area contributed by atoms with Crippen LogP contribution in [-0.2, 0) is 6.18 Å². The number of hydrogen-bond acceptors (Lipinski definition) is 4. The van der Waals surface area contributed by atoms with E-state index < -0.39 is 11.7 Å². The summed E-state index contributed by atoms with van der Waals surface area (Å²) in [4.78, 5) is 4.11. The van der Waals surface area contributed by atoms with Gasteiger partial charge in [-0.2, -0.15) is 23.5 Å². The number of aryl methyl sites for hydroxylation is 1. The van der Waals surface area contributed by atoms with Crippen LogP contribution in [0.2, 0.25) is 0 Å². The number of nitriles is 1. The Morgan fingerprint density at radius 1 is 1.43 bits per heavy atom. The average Bonchev–Trinajstić information content (AvgIpc) is 2.92. The highest BCUT2D eigenvalue weighted by atomic mass is 32.2. The first-order valence-electron chi connectivity index (χ1n) is 6.36. The number of aliphatic imine (C=N–C) groups is 1. The van der Waals surface area contributed by atoms with Crippen molar-refractivity contribution in [1.29, 1.82) is 5.26 Å². The summed E-state index contributed by atoms with van der Waals surface area (Å²) in [7, 11) is 0. The lowest BCUT2D eigenvalue weighted by Gasteiger charge is -2.12. The van der Waals surface area contributed by atoms with Crippen molar-refractivity contribution in [3.63, 3.8) is 0 Å². The van der Waals surface area contributed by atoms with Crippen molar-refractivity contribution in [1.82, 2.24) is 15.1 Å². The Bertz CT molecular complexity index is 773. The van der Waals surface area contributed by atoms with E-state index in [1.54, 1.807) is 24.8 Å². The number of benzene rings is 1. The van der Waals surface area contributed by atoms with E-state index in [0.29, 0.717) is 5.69 Å². The zero-order valence-electron chi connectivity index (χ0n) is 12.2. The molecule has 2 rings (SSSR count). The number of amidine groups is 1. The molecule has 0 aliphatic heterocycles. The zero-order chi connectivity index (χ0) is 17.0. The molecule has 23 heavy (non-hydrogen) atoms. The molecule has 0 aliphatic rings. The van der Waals surface area contributed by atoms with Crippen LogP contribution < -0.4 is 5.32 Å². The van der Waals surface area contributed by atoms with E-state index in [9.17, 15) is 13.2 Å². The lowest BCUT2D eigenvalue weighted by atomic mass is 10.1. The lowest BCUT2D eigenvalue weighted by molar-refractivity contribution is -0.137. The van der Waals surface area contributed by atoms with Crippen molar-refractivity contribution >= 4 is 22.6 Å². The maximum absolute atomic E-state index is 12.9. The Labute approximate surface area is 134 Å². The zero-order valence-corrected chi connectivity index (χ0v) is 13.0. The number of thioether (sulfide) groups is 1. The summed E-state index contributed by atoms with van der Waals surface area (Å²) in [6, 6.07) is 3.21. The summed E-state index contributed by atoms with van der Waals surface area (Å²) in [6.45, 7) is 1.82. The van der Waals surface area contributed by atoms with Crippen LogP contribution in [0.1, 0.15) is 11.1 Å². The highest BCUT2D eigenvalue weighted by Gasteiger charge is 2.31. The predicted octanol–water partition coefficient (Wildman–Crippen LogP) is 3.62. The van der Waals surface area contributed by atoms with Crippen LogP contribution in [-0.4, -0.2) is 21.2 Å². The maximum Gasteiger partial charge on any atom is 0.416 e. The molecule has 5 nitrogen and oxygen atoms in total. The summed E-state index contributed by atoms with van der Waals surface area (Å²) in [5.41, 5.74) is 0.494.